The van der Waals surface area contributed by atoms with Crippen LogP contribution in [-0.2, 0) is 9.53 Å². The summed E-state index contributed by atoms with van der Waals surface area (Å²) in [5.74, 6) is 2.30. The molecule has 1 saturated carbocycles. The molecule has 4 rings (SSSR count). The highest BCUT2D eigenvalue weighted by molar-refractivity contribution is 5.66. The van der Waals surface area contributed by atoms with Crippen LogP contribution >= 0.6 is 0 Å². The molecule has 0 bridgehead atoms. The van der Waals surface area contributed by atoms with Gasteiger partial charge in [-0.05, 0) is 85.2 Å². The van der Waals surface area contributed by atoms with E-state index >= 15 is 0 Å². The summed E-state index contributed by atoms with van der Waals surface area (Å²) < 4.78 is 5.53. The van der Waals surface area contributed by atoms with Crippen LogP contribution in [0.1, 0.15) is 99.8 Å². The summed E-state index contributed by atoms with van der Waals surface area (Å²) in [6.45, 7) is 15.6. The lowest BCUT2D eigenvalue weighted by Crippen LogP contribution is -2.56. The first kappa shape index (κ1) is 24.8. The molecule has 1 N–H and O–H groups in total. The van der Waals surface area contributed by atoms with Crippen molar-refractivity contribution >= 4 is 5.97 Å². The molecule has 1 fully saturated rings. The number of hydrogen-bond acceptors (Lipinski definition) is 3. The number of hydrogen-bond donors (Lipinski definition) is 1. The van der Waals surface area contributed by atoms with Crippen LogP contribution in [0.5, 0.6) is 0 Å². The molecule has 4 aliphatic rings. The Bertz CT molecular complexity index is 879. The molecule has 0 aromatic carbocycles. The zero-order valence-corrected chi connectivity index (χ0v) is 22.0. The lowest BCUT2D eigenvalue weighted by molar-refractivity contribution is -0.166. The van der Waals surface area contributed by atoms with Gasteiger partial charge in [0.05, 0.1) is 5.60 Å². The van der Waals surface area contributed by atoms with E-state index in [4.69, 9.17) is 4.74 Å². The van der Waals surface area contributed by atoms with Crippen LogP contribution in [0, 0.1) is 34.5 Å². The van der Waals surface area contributed by atoms with E-state index in [0.29, 0.717) is 30.1 Å². The minimum atomic E-state index is -0.764. The molecule has 0 spiro atoms. The van der Waals surface area contributed by atoms with Crippen molar-refractivity contribution in [3.63, 3.8) is 0 Å². The molecule has 0 aliphatic heterocycles. The first-order valence-corrected chi connectivity index (χ1v) is 13.4. The second-order valence-corrected chi connectivity index (χ2v) is 12.5. The van der Waals surface area contributed by atoms with E-state index in [-0.39, 0.29) is 22.9 Å². The maximum atomic E-state index is 11.8. The molecule has 7 atom stereocenters. The minimum absolute atomic E-state index is 0.146. The van der Waals surface area contributed by atoms with Crippen LogP contribution in [0.3, 0.4) is 0 Å². The van der Waals surface area contributed by atoms with Gasteiger partial charge in [0.1, 0.15) is 6.10 Å². The van der Waals surface area contributed by atoms with Gasteiger partial charge in [-0.15, -0.1) is 0 Å². The van der Waals surface area contributed by atoms with Crippen molar-refractivity contribution < 1.29 is 14.6 Å². The van der Waals surface area contributed by atoms with Gasteiger partial charge in [-0.2, -0.15) is 0 Å². The molecular formula is C30H46O3. The van der Waals surface area contributed by atoms with Crippen molar-refractivity contribution in [1.29, 1.82) is 0 Å². The van der Waals surface area contributed by atoms with Crippen molar-refractivity contribution in [2.45, 2.75) is 112 Å². The Morgan fingerprint density at radius 3 is 2.52 bits per heavy atom. The fraction of sp³-hybridized carbons (Fsp3) is 0.767. The van der Waals surface area contributed by atoms with E-state index < -0.39 is 5.60 Å². The number of allylic oxidation sites excluding steroid dienone is 5. The zero-order valence-electron chi connectivity index (χ0n) is 22.0. The molecule has 0 radical (unpaired) electrons. The number of fused-ring (bicyclic) bond motifs is 4. The van der Waals surface area contributed by atoms with Crippen LogP contribution in [0.4, 0.5) is 0 Å². The number of ether oxygens (including phenoxy) is 1. The van der Waals surface area contributed by atoms with Crippen molar-refractivity contribution in [3.05, 3.63) is 34.9 Å². The van der Waals surface area contributed by atoms with Crippen LogP contribution in [0.15, 0.2) is 34.9 Å². The van der Waals surface area contributed by atoms with Gasteiger partial charge in [-0.1, -0.05) is 65.3 Å². The van der Waals surface area contributed by atoms with E-state index in [1.165, 1.54) is 25.3 Å². The molecule has 4 aliphatic carbocycles. The molecule has 33 heavy (non-hydrogen) atoms. The fourth-order valence-electron chi connectivity index (χ4n) is 7.68. The summed E-state index contributed by atoms with van der Waals surface area (Å²) in [6.07, 6.45) is 14.8. The van der Waals surface area contributed by atoms with E-state index in [0.717, 1.165) is 32.1 Å². The minimum Gasteiger partial charge on any atom is -0.462 e. The molecule has 0 unspecified atom stereocenters. The average Bonchev–Trinajstić information content (AvgIpc) is 3.09. The molecule has 0 aromatic heterocycles. The normalized spacial score (nSPS) is 40.2. The van der Waals surface area contributed by atoms with Crippen molar-refractivity contribution in [2.75, 3.05) is 0 Å². The van der Waals surface area contributed by atoms with Gasteiger partial charge in [0.25, 0.3) is 0 Å². The first-order chi connectivity index (χ1) is 15.4. The van der Waals surface area contributed by atoms with E-state index in [2.05, 4.69) is 59.8 Å². The lowest BCUT2D eigenvalue weighted by atomic mass is 9.50. The summed E-state index contributed by atoms with van der Waals surface area (Å²) in [4.78, 5) is 11.5. The predicted octanol–water partition coefficient (Wildman–Crippen LogP) is 7.16. The standard InChI is InChI=1S/C30H46O3/c1-19(2)20(3)8-9-21(4)25-10-11-26-24-13-17-30(32)18-23(33-22(5)31)12-16-29(30,7)27(24)14-15-28(25,26)6/h8-9,11,19-21,23,25,32H,10,12-18H2,1-7H3/b9-8+/t20-,21+,23+,25+,28+,29+,30+/m0/s1. The highest BCUT2D eigenvalue weighted by atomic mass is 16.5. The number of carbonyl (C=O) groups excluding carboxylic acids is 1. The van der Waals surface area contributed by atoms with Gasteiger partial charge < -0.3 is 9.84 Å². The largest absolute Gasteiger partial charge is 0.462 e. The van der Waals surface area contributed by atoms with Gasteiger partial charge >= 0.3 is 5.97 Å². The summed E-state index contributed by atoms with van der Waals surface area (Å²) in [5.41, 5.74) is 3.95. The Hall–Kier alpha value is -1.35. The lowest BCUT2D eigenvalue weighted by Gasteiger charge is -2.58. The van der Waals surface area contributed by atoms with Crippen molar-refractivity contribution in [2.24, 2.45) is 34.5 Å². The van der Waals surface area contributed by atoms with E-state index in [1.807, 2.05) is 0 Å². The highest BCUT2D eigenvalue weighted by Crippen LogP contribution is 2.65. The molecule has 0 saturated heterocycles. The molecule has 0 heterocycles. The van der Waals surface area contributed by atoms with Crippen LogP contribution in [-0.4, -0.2) is 22.8 Å². The molecule has 184 valence electrons. The number of aliphatic hydroxyl groups is 1. The molecule has 3 heteroatoms. The van der Waals surface area contributed by atoms with Gasteiger partial charge in [-0.3, -0.25) is 4.79 Å². The summed E-state index contributed by atoms with van der Waals surface area (Å²) in [6, 6.07) is 0. The smallest absolute Gasteiger partial charge is 0.302 e. The Labute approximate surface area is 201 Å². The number of esters is 1. The number of carbonyl (C=O) groups is 1. The van der Waals surface area contributed by atoms with Crippen LogP contribution in [0.2, 0.25) is 0 Å². The van der Waals surface area contributed by atoms with Crippen molar-refractivity contribution in [3.8, 4) is 0 Å². The summed E-state index contributed by atoms with van der Waals surface area (Å²) in [7, 11) is 0. The first-order valence-electron chi connectivity index (χ1n) is 13.4. The van der Waals surface area contributed by atoms with Crippen LogP contribution in [0.25, 0.3) is 0 Å². The average molecular weight is 455 g/mol. The Morgan fingerprint density at radius 1 is 1.12 bits per heavy atom. The third kappa shape index (κ3) is 4.07. The second kappa shape index (κ2) is 8.70. The fourth-order valence-corrected chi connectivity index (χ4v) is 7.68. The highest BCUT2D eigenvalue weighted by Gasteiger charge is 2.59. The van der Waals surface area contributed by atoms with Crippen LogP contribution < -0.4 is 0 Å². The maximum absolute atomic E-state index is 11.8. The van der Waals surface area contributed by atoms with Gasteiger partial charge in [0.2, 0.25) is 0 Å². The molecule has 0 aromatic rings. The Balaban J connectivity index is 1.58. The zero-order chi connectivity index (χ0) is 24.2. The predicted molar refractivity (Wildman–Crippen MR) is 135 cm³/mol. The van der Waals surface area contributed by atoms with Gasteiger partial charge in [0, 0.05) is 18.8 Å². The monoisotopic (exact) mass is 454 g/mol. The second-order valence-electron chi connectivity index (χ2n) is 12.5. The Kier molecular flexibility index (Phi) is 6.53. The quantitative estimate of drug-likeness (QED) is 0.354. The molecule has 0 amide bonds. The third-order valence-corrected chi connectivity index (χ3v) is 10.3. The third-order valence-electron chi connectivity index (χ3n) is 10.3. The van der Waals surface area contributed by atoms with E-state index in [9.17, 15) is 9.90 Å². The molecular weight excluding hydrogens is 408 g/mol. The topological polar surface area (TPSA) is 46.5 Å². The summed E-state index contributed by atoms with van der Waals surface area (Å²) in [5, 5.41) is 11.8. The van der Waals surface area contributed by atoms with Crippen molar-refractivity contribution in [1.82, 2.24) is 0 Å². The SMILES string of the molecule is CC(=O)O[C@@H]1CC[C@]2(C)C3=C(CC[C@@]2(O)C1)C1=CC[C@H]([C@H](C)/C=C/[C@H](C)C(C)C)[C@@]1(C)CC3. The molecule has 3 nitrogen and oxygen atoms in total. The van der Waals surface area contributed by atoms with Gasteiger partial charge in [-0.25, -0.2) is 0 Å². The van der Waals surface area contributed by atoms with E-state index in [1.54, 1.807) is 11.1 Å². The van der Waals surface area contributed by atoms with Gasteiger partial charge in [0.15, 0.2) is 0 Å². The summed E-state index contributed by atoms with van der Waals surface area (Å²) >= 11 is 0. The number of rotatable bonds is 5. The Morgan fingerprint density at radius 2 is 1.85 bits per heavy atom. The maximum Gasteiger partial charge on any atom is 0.302 e.